The smallest absolute Gasteiger partial charge is 0.433 e. The summed E-state index contributed by atoms with van der Waals surface area (Å²) in [5, 5.41) is 43.4. The summed E-state index contributed by atoms with van der Waals surface area (Å²) in [5.74, 6) is -8.35. The largest absolute Gasteiger partial charge is 0.542 e. The number of carboxylic acid groups (broad SMARTS) is 1. The van der Waals surface area contributed by atoms with Crippen molar-refractivity contribution in [3.8, 4) is 0 Å². The number of rotatable bonds is 17. The van der Waals surface area contributed by atoms with E-state index in [9.17, 15) is 94.7 Å². The zero-order valence-electron chi connectivity index (χ0n) is 65.7. The van der Waals surface area contributed by atoms with Crippen LogP contribution in [0.5, 0.6) is 0 Å². The van der Waals surface area contributed by atoms with Crippen molar-refractivity contribution in [3.63, 3.8) is 0 Å². The number of carbonyl (C=O) groups is 18. The number of nitrogens with one attached hydrogen (secondary N) is 12. The highest BCUT2D eigenvalue weighted by molar-refractivity contribution is 6.03. The normalized spacial score (nSPS) is 23.5. The fraction of sp³-hybridized carbons (Fsp3) is 0.739. The van der Waals surface area contributed by atoms with E-state index >= 15 is 0 Å². The third kappa shape index (κ3) is 28.6. The lowest BCUT2D eigenvalue weighted by molar-refractivity contribution is -0.344. The van der Waals surface area contributed by atoms with Crippen LogP contribution in [0.25, 0.3) is 0 Å². The highest BCUT2D eigenvalue weighted by Gasteiger charge is 2.44. The van der Waals surface area contributed by atoms with E-state index in [1.807, 2.05) is 55.4 Å². The Morgan fingerprint density at radius 3 is 1.02 bits per heavy atom. The van der Waals surface area contributed by atoms with Crippen molar-refractivity contribution in [1.29, 1.82) is 0 Å². The SMILES string of the molecule is CC(C)[C@@H](NC(=O)ON1C(=O)CCC1=O)NC(=O)C1CCCN1.CC(C)[C@@H](NC(=O)ON1C(=O)CCC1=O)NC(=O)C1CCCN1.CC(C)[C@@H](NC(=O)ON1C(=O)CCC1=O)NC(=O)C1CCCN1C(=O)OC(C)(C)C.CC(C)[C@@H]1NC(=O)[C@@H]2CCCN2C(=O)N[C@H](C(C)C)NC(=O)C2CCCN2C(=O)N1.O=C([O-])C(F)(F)F. The van der Waals surface area contributed by atoms with E-state index in [4.69, 9.17) is 29.2 Å². The molecule has 19 amide bonds. The van der Waals surface area contributed by atoms with Gasteiger partial charge in [0.05, 0.1) is 12.1 Å². The van der Waals surface area contributed by atoms with Crippen molar-refractivity contribution in [3.05, 3.63) is 0 Å². The van der Waals surface area contributed by atoms with Gasteiger partial charge in [0.2, 0.25) is 29.5 Å². The van der Waals surface area contributed by atoms with Crippen LogP contribution < -0.4 is 68.9 Å². The number of carbonyl (C=O) groups excluding carboxylic acids is 18. The van der Waals surface area contributed by atoms with Crippen LogP contribution in [0.1, 0.15) is 193 Å². The minimum absolute atomic E-state index is 0.0152. The Morgan fingerprint density at radius 1 is 0.434 bits per heavy atom. The summed E-state index contributed by atoms with van der Waals surface area (Å²) in [6.07, 6.45) is -4.91. The molecule has 0 bridgehead atoms. The number of alkyl halides is 3. The summed E-state index contributed by atoms with van der Waals surface area (Å²) < 4.78 is 36.9. The van der Waals surface area contributed by atoms with Crippen LogP contribution in [0.4, 0.5) is 41.9 Å². The molecule has 9 rings (SSSR count). The molecule has 4 unspecified atom stereocenters. The lowest BCUT2D eigenvalue weighted by Gasteiger charge is -2.34. The molecule has 0 spiro atoms. The van der Waals surface area contributed by atoms with Crippen LogP contribution in [0.3, 0.4) is 0 Å². The molecule has 0 aromatic carbocycles. The van der Waals surface area contributed by atoms with Crippen LogP contribution in [-0.4, -0.2) is 243 Å². The van der Waals surface area contributed by atoms with Gasteiger partial charge >= 0.3 is 42.6 Å². The number of amides is 19. The van der Waals surface area contributed by atoms with E-state index in [1.54, 1.807) is 34.6 Å². The number of hydroxylamine groups is 6. The fourth-order valence-corrected chi connectivity index (χ4v) is 12.2. The van der Waals surface area contributed by atoms with Gasteiger partial charge < -0.3 is 86.8 Å². The molecular weight excluding hydrogens is 1510 g/mol. The number of nitrogens with zero attached hydrogens (tertiary/aromatic N) is 6. The number of likely N-dealkylation sites (tertiary alicyclic amines) is 1. The minimum Gasteiger partial charge on any atom is -0.542 e. The van der Waals surface area contributed by atoms with Crippen molar-refractivity contribution < 1.29 is 124 Å². The number of urea groups is 2. The average Bonchev–Trinajstić information content (AvgIpc) is 1.75. The standard InChI is InChI=1S/C20H34N6O4.C19H30N4O7.2C14H22N4O5.C2HF3O2/c1-11(2)15-21-17(27)13-7-5-10-26(13)20(30)24-16(12(3)4)22-18(28)14-8-6-9-25(14)19(29)23-15;1-11(2)15(21-17(27)30-23-13(24)8-9-14(23)25)20-16(26)12-7-6-10-22(12)18(28)29-19(3,4)5;2*1-8(2)12(16-13(21)9-4-3-7-15-9)17-14(22)23-18-10(19)5-6-11(18)20;3-2(4,5)1(6)7/h11-16H,5-10H2,1-4H3,(H,21,27)(H,22,28)(H,23,29)(H,24,30);11-12,15H,6-10H2,1-5H3,(H,20,26)(H,21,27);2*8-9,12,15H,3-7H2,1-2H3,(H,16,21)(H,17,22);(H,6,7)/p-1/t13-,14?,15+,16+;12?,15-;2*9?,12-;/m0111./s1. The third-order valence-electron chi connectivity index (χ3n) is 18.5. The van der Waals surface area contributed by atoms with Crippen LogP contribution in [-0.2, 0) is 76.8 Å². The lowest BCUT2D eigenvalue weighted by Crippen LogP contribution is -2.63. The highest BCUT2D eigenvalue weighted by atomic mass is 19.4. The first-order valence-electron chi connectivity index (χ1n) is 37.7. The van der Waals surface area contributed by atoms with Gasteiger partial charge in [-0.15, -0.1) is 15.2 Å². The molecular formula is C69H108F3N18O23-. The van der Waals surface area contributed by atoms with Gasteiger partial charge in [-0.1, -0.05) is 69.2 Å². The van der Waals surface area contributed by atoms with Crippen LogP contribution in [0, 0.1) is 29.6 Å². The van der Waals surface area contributed by atoms with Gasteiger partial charge in [-0.3, -0.25) is 73.6 Å². The van der Waals surface area contributed by atoms with Gasteiger partial charge in [-0.2, -0.15) is 13.2 Å². The summed E-state index contributed by atoms with van der Waals surface area (Å²) in [6, 6.07) is -3.19. The molecule has 9 heterocycles. The van der Waals surface area contributed by atoms with Crippen molar-refractivity contribution in [1.82, 2.24) is 93.7 Å². The molecule has 9 aliphatic rings. The quantitative estimate of drug-likeness (QED) is 0.0691. The van der Waals surface area contributed by atoms with E-state index in [0.717, 1.165) is 51.6 Å². The van der Waals surface area contributed by atoms with Crippen LogP contribution in [0.2, 0.25) is 0 Å². The molecule has 0 aromatic rings. The summed E-state index contributed by atoms with van der Waals surface area (Å²) in [7, 11) is 0. The lowest BCUT2D eigenvalue weighted by atomic mass is 10.1. The average molecular weight is 1610 g/mol. The van der Waals surface area contributed by atoms with Gasteiger partial charge in [-0.05, 0) is 128 Å². The van der Waals surface area contributed by atoms with E-state index in [1.165, 1.54) is 14.7 Å². The number of hydrogen-bond acceptors (Lipinski definition) is 25. The Labute approximate surface area is 650 Å². The van der Waals surface area contributed by atoms with Gasteiger partial charge in [0.15, 0.2) is 0 Å². The van der Waals surface area contributed by atoms with Crippen LogP contribution >= 0.6 is 0 Å². The molecule has 0 saturated carbocycles. The Hall–Kier alpha value is -10.4. The summed E-state index contributed by atoms with van der Waals surface area (Å²) in [6.45, 7) is 26.5. The number of halogens is 3. The van der Waals surface area contributed by atoms with Crippen molar-refractivity contribution in [2.45, 2.75) is 266 Å². The number of imide groups is 3. The predicted octanol–water partition coefficient (Wildman–Crippen LogP) is 0.371. The van der Waals surface area contributed by atoms with Crippen LogP contribution in [0.15, 0.2) is 0 Å². The first kappa shape index (κ1) is 93.2. The van der Waals surface area contributed by atoms with E-state index < -0.39 is 132 Å². The maximum atomic E-state index is 13.0. The molecule has 41 nitrogen and oxygen atoms in total. The third-order valence-corrected chi connectivity index (χ3v) is 18.5. The maximum Gasteiger partial charge on any atom is 0.433 e. The van der Waals surface area contributed by atoms with Crippen molar-refractivity contribution >= 4 is 107 Å². The molecule has 634 valence electrons. The molecule has 44 heteroatoms. The monoisotopic (exact) mass is 1610 g/mol. The second kappa shape index (κ2) is 42.4. The molecule has 9 aliphatic heterocycles. The molecule has 0 aliphatic carbocycles. The van der Waals surface area contributed by atoms with Gasteiger partial charge in [0, 0.05) is 58.2 Å². The molecule has 9 saturated heterocycles. The maximum absolute atomic E-state index is 13.0. The molecule has 0 radical (unpaired) electrons. The van der Waals surface area contributed by atoms with Gasteiger partial charge in [0.25, 0.3) is 35.4 Å². The Bertz CT molecular complexity index is 3230. The number of fused-ring (bicyclic) bond motifs is 2. The summed E-state index contributed by atoms with van der Waals surface area (Å²) in [5.41, 5.74) is -0.684. The number of carboxylic acids is 1. The second-order valence-corrected chi connectivity index (χ2v) is 30.5. The molecule has 12 N–H and O–H groups in total. The Kier molecular flexibility index (Phi) is 35.0. The first-order chi connectivity index (χ1) is 52.8. The number of hydrogen-bond donors (Lipinski definition) is 12. The van der Waals surface area contributed by atoms with Crippen molar-refractivity contribution in [2.75, 3.05) is 32.7 Å². The highest BCUT2D eigenvalue weighted by Crippen LogP contribution is 2.25. The van der Waals surface area contributed by atoms with E-state index in [0.29, 0.717) is 60.5 Å². The number of aliphatic carboxylic acids is 1. The predicted molar refractivity (Wildman–Crippen MR) is 382 cm³/mol. The molecule has 10 atom stereocenters. The van der Waals surface area contributed by atoms with E-state index in [-0.39, 0.29) is 116 Å². The minimum atomic E-state index is -5.19. The first-order valence-corrected chi connectivity index (χ1v) is 37.7. The van der Waals surface area contributed by atoms with Gasteiger partial charge in [0.1, 0.15) is 60.5 Å². The Balaban J connectivity index is 0.000000263. The zero-order valence-corrected chi connectivity index (χ0v) is 65.7. The zero-order chi connectivity index (χ0) is 84.7. The topological polar surface area (TPSA) is 531 Å². The second-order valence-electron chi connectivity index (χ2n) is 30.5. The number of ether oxygens (including phenoxy) is 1. The molecule has 113 heavy (non-hydrogen) atoms. The summed E-state index contributed by atoms with van der Waals surface area (Å²) in [4.78, 5) is 233. The van der Waals surface area contributed by atoms with Crippen molar-refractivity contribution in [2.24, 2.45) is 29.6 Å². The summed E-state index contributed by atoms with van der Waals surface area (Å²) >= 11 is 0. The van der Waals surface area contributed by atoms with Gasteiger partial charge in [-0.25, -0.2) is 28.8 Å². The van der Waals surface area contributed by atoms with E-state index in [2.05, 4.69) is 63.8 Å². The molecule has 9 fully saturated rings. The Morgan fingerprint density at radius 2 is 0.743 bits per heavy atom. The fourth-order valence-electron chi connectivity index (χ4n) is 12.2. The molecule has 0 aromatic heterocycles.